The molecule has 7 heteroatoms. The average molecular weight is 348 g/mol. The Labute approximate surface area is 144 Å². The molecule has 2 atom stereocenters. The van der Waals surface area contributed by atoms with E-state index in [1.54, 1.807) is 34.0 Å². The van der Waals surface area contributed by atoms with Crippen LogP contribution >= 0.6 is 11.6 Å². The second-order valence-corrected chi connectivity index (χ2v) is 6.52. The summed E-state index contributed by atoms with van der Waals surface area (Å²) in [6.45, 7) is 2.73. The minimum Gasteiger partial charge on any atom is -0.481 e. The molecule has 0 spiro atoms. The highest BCUT2D eigenvalue weighted by Gasteiger charge is 2.33. The number of aliphatic carboxylic acids is 1. The van der Waals surface area contributed by atoms with Crippen molar-refractivity contribution in [3.8, 4) is 5.69 Å². The topological polar surface area (TPSA) is 75.4 Å². The van der Waals surface area contributed by atoms with E-state index in [0.717, 1.165) is 5.69 Å². The predicted molar refractivity (Wildman–Crippen MR) is 89.4 cm³/mol. The molecule has 1 aromatic carbocycles. The molecule has 1 N–H and O–H groups in total. The number of likely N-dealkylation sites (tertiary alicyclic amines) is 1. The standard InChI is InChI=1S/C17H18ClN3O3/c1-11-10-20(7-5-14(11)17(23)24)16(22)15-6-8-21(19-15)13-4-2-3-12(18)9-13/h2-4,6,8-9,11,14H,5,7,10H2,1H3,(H,23,24). The summed E-state index contributed by atoms with van der Waals surface area (Å²) < 4.78 is 1.60. The van der Waals surface area contributed by atoms with Gasteiger partial charge in [-0.05, 0) is 36.6 Å². The zero-order chi connectivity index (χ0) is 17.3. The summed E-state index contributed by atoms with van der Waals surface area (Å²) in [6.07, 6.45) is 2.18. The maximum absolute atomic E-state index is 12.6. The first-order valence-corrected chi connectivity index (χ1v) is 8.17. The largest absolute Gasteiger partial charge is 0.481 e. The van der Waals surface area contributed by atoms with Gasteiger partial charge in [0, 0.05) is 24.3 Å². The number of nitrogens with zero attached hydrogens (tertiary/aromatic N) is 3. The number of rotatable bonds is 3. The second kappa shape index (κ2) is 6.65. The fourth-order valence-corrected chi connectivity index (χ4v) is 3.24. The van der Waals surface area contributed by atoms with E-state index in [9.17, 15) is 14.7 Å². The third kappa shape index (κ3) is 3.28. The maximum Gasteiger partial charge on any atom is 0.306 e. The molecule has 0 aliphatic carbocycles. The fourth-order valence-electron chi connectivity index (χ4n) is 3.06. The lowest BCUT2D eigenvalue weighted by molar-refractivity contribution is -0.145. The van der Waals surface area contributed by atoms with Crippen molar-refractivity contribution in [2.75, 3.05) is 13.1 Å². The number of amides is 1. The Hall–Kier alpha value is -2.34. The molecule has 1 amide bonds. The maximum atomic E-state index is 12.6. The van der Waals surface area contributed by atoms with E-state index in [-0.39, 0.29) is 11.8 Å². The van der Waals surface area contributed by atoms with Gasteiger partial charge in [-0.15, -0.1) is 0 Å². The van der Waals surface area contributed by atoms with Gasteiger partial charge in [0.05, 0.1) is 11.6 Å². The molecular formula is C17H18ClN3O3. The lowest BCUT2D eigenvalue weighted by atomic mass is 9.87. The van der Waals surface area contributed by atoms with Crippen molar-refractivity contribution in [3.05, 3.63) is 47.2 Å². The zero-order valence-electron chi connectivity index (χ0n) is 13.2. The van der Waals surface area contributed by atoms with E-state index in [2.05, 4.69) is 5.10 Å². The molecule has 126 valence electrons. The summed E-state index contributed by atoms with van der Waals surface area (Å²) in [4.78, 5) is 25.5. The number of benzene rings is 1. The highest BCUT2D eigenvalue weighted by atomic mass is 35.5. The molecule has 1 aliphatic rings. The highest BCUT2D eigenvalue weighted by molar-refractivity contribution is 6.30. The van der Waals surface area contributed by atoms with Crippen LogP contribution in [0.1, 0.15) is 23.8 Å². The SMILES string of the molecule is CC1CN(C(=O)c2ccn(-c3cccc(Cl)c3)n2)CCC1C(=O)O. The molecule has 1 aliphatic heterocycles. The van der Waals surface area contributed by atoms with Crippen molar-refractivity contribution >= 4 is 23.5 Å². The Morgan fingerprint density at radius 3 is 2.79 bits per heavy atom. The van der Waals surface area contributed by atoms with Crippen LogP contribution in [0.3, 0.4) is 0 Å². The molecule has 24 heavy (non-hydrogen) atoms. The summed E-state index contributed by atoms with van der Waals surface area (Å²) in [5.74, 6) is -1.43. The minimum atomic E-state index is -0.792. The van der Waals surface area contributed by atoms with Gasteiger partial charge in [-0.3, -0.25) is 9.59 Å². The van der Waals surface area contributed by atoms with Crippen molar-refractivity contribution in [3.63, 3.8) is 0 Å². The van der Waals surface area contributed by atoms with E-state index < -0.39 is 11.9 Å². The van der Waals surface area contributed by atoms with Gasteiger partial charge in [-0.25, -0.2) is 4.68 Å². The van der Waals surface area contributed by atoms with Gasteiger partial charge in [-0.1, -0.05) is 24.6 Å². The first-order valence-electron chi connectivity index (χ1n) is 7.79. The summed E-state index contributed by atoms with van der Waals surface area (Å²) in [7, 11) is 0. The van der Waals surface area contributed by atoms with Crippen molar-refractivity contribution in [2.24, 2.45) is 11.8 Å². The highest BCUT2D eigenvalue weighted by Crippen LogP contribution is 2.24. The lowest BCUT2D eigenvalue weighted by Crippen LogP contribution is -2.45. The quantitative estimate of drug-likeness (QED) is 0.926. The Kier molecular flexibility index (Phi) is 4.57. The Bertz CT molecular complexity index is 774. The van der Waals surface area contributed by atoms with Crippen molar-refractivity contribution in [1.29, 1.82) is 0 Å². The number of piperidine rings is 1. The van der Waals surface area contributed by atoms with Gasteiger partial charge >= 0.3 is 5.97 Å². The smallest absolute Gasteiger partial charge is 0.306 e. The zero-order valence-corrected chi connectivity index (χ0v) is 14.0. The first kappa shape index (κ1) is 16.5. The van der Waals surface area contributed by atoms with E-state index in [1.807, 2.05) is 19.1 Å². The number of carboxylic acids is 1. The van der Waals surface area contributed by atoms with Gasteiger partial charge in [-0.2, -0.15) is 5.10 Å². The Balaban J connectivity index is 1.74. The monoisotopic (exact) mass is 347 g/mol. The van der Waals surface area contributed by atoms with Gasteiger partial charge in [0.25, 0.3) is 5.91 Å². The van der Waals surface area contributed by atoms with Gasteiger partial charge in [0.2, 0.25) is 0 Å². The summed E-state index contributed by atoms with van der Waals surface area (Å²) in [6, 6.07) is 8.88. The molecule has 1 fully saturated rings. The van der Waals surface area contributed by atoms with Crippen LogP contribution in [0.15, 0.2) is 36.5 Å². The molecule has 2 aromatic rings. The molecule has 2 heterocycles. The van der Waals surface area contributed by atoms with Gasteiger partial charge in [0.15, 0.2) is 5.69 Å². The molecule has 2 unspecified atom stereocenters. The number of carbonyl (C=O) groups is 2. The van der Waals surface area contributed by atoms with E-state index >= 15 is 0 Å². The molecule has 0 radical (unpaired) electrons. The molecule has 0 bridgehead atoms. The molecule has 3 rings (SSSR count). The van der Waals surface area contributed by atoms with E-state index in [0.29, 0.717) is 30.2 Å². The number of aromatic nitrogens is 2. The number of carbonyl (C=O) groups excluding carboxylic acids is 1. The first-order chi connectivity index (χ1) is 11.5. The van der Waals surface area contributed by atoms with Crippen LogP contribution < -0.4 is 0 Å². The van der Waals surface area contributed by atoms with Crippen LogP contribution in [0.2, 0.25) is 5.02 Å². The predicted octanol–water partition coefficient (Wildman–Crippen LogP) is 2.71. The van der Waals surface area contributed by atoms with Crippen LogP contribution in [-0.2, 0) is 4.79 Å². The molecule has 6 nitrogen and oxygen atoms in total. The average Bonchev–Trinajstić information content (AvgIpc) is 3.03. The summed E-state index contributed by atoms with van der Waals surface area (Å²) in [5.41, 5.74) is 1.12. The molecule has 0 saturated carbocycles. The molecule has 1 saturated heterocycles. The Morgan fingerprint density at radius 1 is 1.33 bits per heavy atom. The normalized spacial score (nSPS) is 20.8. The van der Waals surface area contributed by atoms with Crippen LogP contribution in [0.25, 0.3) is 5.69 Å². The van der Waals surface area contributed by atoms with Crippen LogP contribution in [0, 0.1) is 11.8 Å². The minimum absolute atomic E-state index is 0.0739. The lowest BCUT2D eigenvalue weighted by Gasteiger charge is -2.34. The van der Waals surface area contributed by atoms with Crippen molar-refractivity contribution in [1.82, 2.24) is 14.7 Å². The third-order valence-corrected chi connectivity index (χ3v) is 4.63. The van der Waals surface area contributed by atoms with Crippen LogP contribution in [-0.4, -0.2) is 44.8 Å². The number of halogens is 1. The summed E-state index contributed by atoms with van der Waals surface area (Å²) in [5, 5.41) is 14.1. The molecular weight excluding hydrogens is 330 g/mol. The van der Waals surface area contributed by atoms with Gasteiger partial charge < -0.3 is 10.0 Å². The van der Waals surface area contributed by atoms with Crippen LogP contribution in [0.5, 0.6) is 0 Å². The summed E-state index contributed by atoms with van der Waals surface area (Å²) >= 11 is 5.98. The molecule has 1 aromatic heterocycles. The van der Waals surface area contributed by atoms with Crippen LogP contribution in [0.4, 0.5) is 0 Å². The second-order valence-electron chi connectivity index (χ2n) is 6.09. The van der Waals surface area contributed by atoms with E-state index in [4.69, 9.17) is 11.6 Å². The van der Waals surface area contributed by atoms with Gasteiger partial charge in [0.1, 0.15) is 0 Å². The van der Waals surface area contributed by atoms with E-state index in [1.165, 1.54) is 0 Å². The van der Waals surface area contributed by atoms with Crippen molar-refractivity contribution in [2.45, 2.75) is 13.3 Å². The number of hydrogen-bond donors (Lipinski definition) is 1. The number of hydrogen-bond acceptors (Lipinski definition) is 3. The van der Waals surface area contributed by atoms with Crippen molar-refractivity contribution < 1.29 is 14.7 Å². The Morgan fingerprint density at radius 2 is 2.12 bits per heavy atom. The number of carboxylic acid groups (broad SMARTS) is 1. The fraction of sp³-hybridized carbons (Fsp3) is 0.353. The third-order valence-electron chi connectivity index (χ3n) is 4.39.